The first-order valence-corrected chi connectivity index (χ1v) is 7.35. The number of hydrogen-bond acceptors (Lipinski definition) is 6. The Hall–Kier alpha value is -2.34. The summed E-state index contributed by atoms with van der Waals surface area (Å²) in [6, 6.07) is 6.68. The van der Waals surface area contributed by atoms with Crippen molar-refractivity contribution in [1.29, 1.82) is 0 Å². The molecule has 1 aromatic carbocycles. The Labute approximate surface area is 132 Å². The number of nitrogen functional groups attached to an aromatic ring is 1. The Balaban J connectivity index is 1.83. The number of rotatable bonds is 4. The van der Waals surface area contributed by atoms with E-state index < -0.39 is 0 Å². The van der Waals surface area contributed by atoms with Crippen LogP contribution in [0, 0.1) is 0 Å². The summed E-state index contributed by atoms with van der Waals surface area (Å²) in [6.07, 6.45) is 3.73. The number of ketones is 1. The van der Waals surface area contributed by atoms with Gasteiger partial charge in [-0.05, 0) is 37.1 Å². The lowest BCUT2D eigenvalue weighted by atomic mass is 10.2. The molecular weight excluding hydrogens is 304 g/mol. The summed E-state index contributed by atoms with van der Waals surface area (Å²) in [4.78, 5) is 19.9. The van der Waals surface area contributed by atoms with E-state index in [0.717, 1.165) is 12.8 Å². The lowest BCUT2D eigenvalue weighted by Crippen LogP contribution is -2.24. The molecule has 2 aromatic rings. The minimum absolute atomic E-state index is 0.122. The molecule has 1 aromatic heterocycles. The van der Waals surface area contributed by atoms with Gasteiger partial charge in [-0.2, -0.15) is 4.98 Å². The van der Waals surface area contributed by atoms with Crippen molar-refractivity contribution >= 4 is 29.2 Å². The lowest BCUT2D eigenvalue weighted by Gasteiger charge is -2.15. The number of ether oxygens (including phenoxy) is 1. The SMILES string of the molecule is Nc1ncc(Oc2ccc(Cl)cc2)c(NC2CCCC2=O)n1. The van der Waals surface area contributed by atoms with Gasteiger partial charge in [-0.3, -0.25) is 4.79 Å². The predicted molar refractivity (Wildman–Crippen MR) is 84.2 cm³/mol. The smallest absolute Gasteiger partial charge is 0.222 e. The number of benzene rings is 1. The van der Waals surface area contributed by atoms with Crippen LogP contribution in [0.2, 0.25) is 5.02 Å². The molecule has 0 spiro atoms. The number of aromatic nitrogens is 2. The van der Waals surface area contributed by atoms with Crippen LogP contribution in [0.25, 0.3) is 0 Å². The number of nitrogens with one attached hydrogen (secondary N) is 1. The van der Waals surface area contributed by atoms with E-state index in [4.69, 9.17) is 22.1 Å². The molecule has 1 fully saturated rings. The Morgan fingerprint density at radius 2 is 2.09 bits per heavy atom. The first kappa shape index (κ1) is 14.6. The molecule has 0 saturated heterocycles. The second-order valence-electron chi connectivity index (χ2n) is 5.05. The Kier molecular flexibility index (Phi) is 4.11. The predicted octanol–water partition coefficient (Wildman–Crippen LogP) is 3.04. The molecule has 0 amide bonds. The monoisotopic (exact) mass is 318 g/mol. The number of carbonyl (C=O) groups is 1. The normalized spacial score (nSPS) is 17.5. The quantitative estimate of drug-likeness (QED) is 0.900. The van der Waals surface area contributed by atoms with Gasteiger partial charge in [0.1, 0.15) is 5.75 Å². The molecule has 3 rings (SSSR count). The molecule has 6 nitrogen and oxygen atoms in total. The Morgan fingerprint density at radius 3 is 2.77 bits per heavy atom. The standard InChI is InChI=1S/C15H15ClN4O2/c16-9-4-6-10(7-5-9)22-13-8-18-15(17)20-14(13)19-11-2-1-3-12(11)21/h4-8,11H,1-3H2,(H3,17,18,19,20). The summed E-state index contributed by atoms with van der Waals surface area (Å²) in [6.45, 7) is 0. The average Bonchev–Trinajstić information content (AvgIpc) is 2.89. The van der Waals surface area contributed by atoms with Crippen LogP contribution in [0.5, 0.6) is 11.5 Å². The van der Waals surface area contributed by atoms with Crippen molar-refractivity contribution in [2.45, 2.75) is 25.3 Å². The van der Waals surface area contributed by atoms with Crippen LogP contribution in [0.15, 0.2) is 30.5 Å². The summed E-state index contributed by atoms with van der Waals surface area (Å²) in [7, 11) is 0. The van der Waals surface area contributed by atoms with Gasteiger partial charge in [-0.15, -0.1) is 0 Å². The van der Waals surface area contributed by atoms with Gasteiger partial charge >= 0.3 is 0 Å². The summed E-state index contributed by atoms with van der Waals surface area (Å²) >= 11 is 5.85. The third-order valence-corrected chi connectivity index (χ3v) is 3.68. The van der Waals surface area contributed by atoms with Crippen LogP contribution in [0.3, 0.4) is 0 Å². The molecule has 0 bridgehead atoms. The molecular formula is C15H15ClN4O2. The van der Waals surface area contributed by atoms with E-state index in [2.05, 4.69) is 15.3 Å². The lowest BCUT2D eigenvalue weighted by molar-refractivity contribution is -0.118. The molecule has 1 saturated carbocycles. The average molecular weight is 319 g/mol. The number of nitrogens with zero attached hydrogens (tertiary/aromatic N) is 2. The van der Waals surface area contributed by atoms with Gasteiger partial charge in [0.15, 0.2) is 17.4 Å². The second kappa shape index (κ2) is 6.19. The topological polar surface area (TPSA) is 90.1 Å². The molecule has 3 N–H and O–H groups in total. The van der Waals surface area contributed by atoms with Crippen LogP contribution >= 0.6 is 11.6 Å². The van der Waals surface area contributed by atoms with E-state index in [0.29, 0.717) is 28.8 Å². The number of hydrogen-bond donors (Lipinski definition) is 2. The van der Waals surface area contributed by atoms with E-state index in [1.165, 1.54) is 6.20 Å². The van der Waals surface area contributed by atoms with Gasteiger partial charge in [0.25, 0.3) is 0 Å². The van der Waals surface area contributed by atoms with E-state index in [1.54, 1.807) is 24.3 Å². The fraction of sp³-hybridized carbons (Fsp3) is 0.267. The Bertz CT molecular complexity index is 690. The Morgan fingerprint density at radius 1 is 1.32 bits per heavy atom. The first-order chi connectivity index (χ1) is 10.6. The van der Waals surface area contributed by atoms with Gasteiger partial charge in [-0.1, -0.05) is 11.6 Å². The van der Waals surface area contributed by atoms with Crippen molar-refractivity contribution in [3.05, 3.63) is 35.5 Å². The van der Waals surface area contributed by atoms with Crippen LogP contribution < -0.4 is 15.8 Å². The number of Topliss-reactive ketones (excluding diaryl/α,β-unsaturated/α-hetero) is 1. The highest BCUT2D eigenvalue weighted by Gasteiger charge is 2.25. The zero-order valence-electron chi connectivity index (χ0n) is 11.8. The summed E-state index contributed by atoms with van der Waals surface area (Å²) in [5, 5.41) is 3.72. The fourth-order valence-electron chi connectivity index (χ4n) is 2.33. The van der Waals surface area contributed by atoms with Gasteiger partial charge < -0.3 is 15.8 Å². The zero-order chi connectivity index (χ0) is 15.5. The molecule has 0 aliphatic heterocycles. The van der Waals surface area contributed by atoms with Crippen molar-refractivity contribution in [2.75, 3.05) is 11.1 Å². The van der Waals surface area contributed by atoms with Crippen LogP contribution in [0.1, 0.15) is 19.3 Å². The highest BCUT2D eigenvalue weighted by Crippen LogP contribution is 2.30. The minimum Gasteiger partial charge on any atom is -0.452 e. The van der Waals surface area contributed by atoms with Gasteiger partial charge in [0, 0.05) is 11.4 Å². The first-order valence-electron chi connectivity index (χ1n) is 6.97. The summed E-state index contributed by atoms with van der Waals surface area (Å²) in [5.41, 5.74) is 5.63. The van der Waals surface area contributed by atoms with Crippen molar-refractivity contribution in [3.8, 4) is 11.5 Å². The molecule has 1 atom stereocenters. The molecule has 1 heterocycles. The zero-order valence-corrected chi connectivity index (χ0v) is 12.5. The van der Waals surface area contributed by atoms with E-state index in [9.17, 15) is 4.79 Å². The molecule has 22 heavy (non-hydrogen) atoms. The van der Waals surface area contributed by atoms with E-state index in [1.807, 2.05) is 0 Å². The molecule has 114 valence electrons. The molecule has 1 aliphatic rings. The van der Waals surface area contributed by atoms with Crippen LogP contribution in [-0.2, 0) is 4.79 Å². The summed E-state index contributed by atoms with van der Waals surface area (Å²) < 4.78 is 5.75. The van der Waals surface area contributed by atoms with Crippen LogP contribution in [-0.4, -0.2) is 21.8 Å². The second-order valence-corrected chi connectivity index (χ2v) is 5.49. The van der Waals surface area contributed by atoms with Crippen LogP contribution in [0.4, 0.5) is 11.8 Å². The van der Waals surface area contributed by atoms with Gasteiger partial charge in [-0.25, -0.2) is 4.98 Å². The fourth-order valence-corrected chi connectivity index (χ4v) is 2.45. The highest BCUT2D eigenvalue weighted by atomic mass is 35.5. The van der Waals surface area contributed by atoms with Crippen molar-refractivity contribution in [3.63, 3.8) is 0 Å². The van der Waals surface area contributed by atoms with Crippen molar-refractivity contribution in [1.82, 2.24) is 9.97 Å². The largest absolute Gasteiger partial charge is 0.452 e. The maximum atomic E-state index is 11.8. The van der Waals surface area contributed by atoms with E-state index >= 15 is 0 Å². The summed E-state index contributed by atoms with van der Waals surface area (Å²) in [5.74, 6) is 1.73. The number of nitrogens with two attached hydrogens (primary N) is 1. The minimum atomic E-state index is -0.248. The number of anilines is 2. The van der Waals surface area contributed by atoms with E-state index in [-0.39, 0.29) is 17.8 Å². The van der Waals surface area contributed by atoms with Gasteiger partial charge in [0.05, 0.1) is 12.2 Å². The molecule has 1 unspecified atom stereocenters. The number of carbonyl (C=O) groups excluding carboxylic acids is 1. The number of halogens is 1. The van der Waals surface area contributed by atoms with Crippen molar-refractivity contribution < 1.29 is 9.53 Å². The van der Waals surface area contributed by atoms with Gasteiger partial charge in [0.2, 0.25) is 5.95 Å². The molecule has 0 radical (unpaired) electrons. The molecule has 7 heteroatoms. The third-order valence-electron chi connectivity index (χ3n) is 3.43. The highest BCUT2D eigenvalue weighted by molar-refractivity contribution is 6.30. The maximum absolute atomic E-state index is 11.8. The van der Waals surface area contributed by atoms with Crippen molar-refractivity contribution in [2.24, 2.45) is 0 Å². The maximum Gasteiger partial charge on any atom is 0.222 e. The molecule has 1 aliphatic carbocycles. The third kappa shape index (κ3) is 3.28.